The molecule has 2 aromatic carbocycles. The lowest BCUT2D eigenvalue weighted by Gasteiger charge is -2.16. The van der Waals surface area contributed by atoms with Crippen LogP contribution in [0.15, 0.2) is 33.5 Å². The molecule has 0 unspecified atom stereocenters. The van der Waals surface area contributed by atoms with Gasteiger partial charge >= 0.3 is 0 Å². The first-order valence-corrected chi connectivity index (χ1v) is 11.5. The van der Waals surface area contributed by atoms with E-state index in [0.29, 0.717) is 40.5 Å². The molecule has 8 nitrogen and oxygen atoms in total. The van der Waals surface area contributed by atoms with E-state index in [0.717, 1.165) is 25.0 Å². The molecule has 6 rings (SSSR count). The van der Waals surface area contributed by atoms with E-state index in [1.807, 2.05) is 0 Å². The summed E-state index contributed by atoms with van der Waals surface area (Å²) in [5.41, 5.74) is 12.2. The number of hydrogen-bond donors (Lipinski definition) is 3. The molecular weight excluding hydrogens is 456 g/mol. The van der Waals surface area contributed by atoms with E-state index in [4.69, 9.17) is 15.9 Å². The Morgan fingerprint density at radius 1 is 1.23 bits per heavy atom. The monoisotopic (exact) mass is 479 g/mol. The van der Waals surface area contributed by atoms with Crippen molar-refractivity contribution in [1.29, 1.82) is 0 Å². The molecule has 4 aromatic rings. The summed E-state index contributed by atoms with van der Waals surface area (Å²) >= 11 is 0. The van der Waals surface area contributed by atoms with Crippen LogP contribution >= 0.6 is 0 Å². The third-order valence-electron chi connectivity index (χ3n) is 6.94. The number of anilines is 1. The Labute approximate surface area is 197 Å². The summed E-state index contributed by atoms with van der Waals surface area (Å²) in [7, 11) is 0. The lowest BCUT2D eigenvalue weighted by molar-refractivity contribution is -0.123. The number of halogens is 2. The molecule has 2 aliphatic rings. The van der Waals surface area contributed by atoms with E-state index in [9.17, 15) is 18.4 Å². The minimum atomic E-state index is -0.832. The van der Waals surface area contributed by atoms with Gasteiger partial charge in [0, 0.05) is 23.1 Å². The standard InChI is InChI=1S/C25H23F2N5O3/c1-11-13(15-8-17(27)18(28)9-16(15)26)4-5-14-21(11)32(12-2-3-12)23(33)20-22(14)35-19(31-20)10-30-24(34)25(29)6-7-25/h4-5,8-9,12H,2-3,6-7,10,28-29H2,1H3,(H,30,34). The summed E-state index contributed by atoms with van der Waals surface area (Å²) in [5.74, 6) is -1.46. The third-order valence-corrected chi connectivity index (χ3v) is 6.94. The molecule has 0 atom stereocenters. The van der Waals surface area contributed by atoms with Gasteiger partial charge in [0.25, 0.3) is 5.56 Å². The van der Waals surface area contributed by atoms with Gasteiger partial charge < -0.3 is 25.8 Å². The van der Waals surface area contributed by atoms with E-state index in [1.54, 1.807) is 23.6 Å². The predicted molar refractivity (Wildman–Crippen MR) is 127 cm³/mol. The number of carbonyl (C=O) groups excluding carboxylic acids is 1. The maximum atomic E-state index is 14.8. The van der Waals surface area contributed by atoms with Gasteiger partial charge in [-0.25, -0.2) is 13.8 Å². The zero-order chi connectivity index (χ0) is 24.6. The van der Waals surface area contributed by atoms with Gasteiger partial charge in [-0.1, -0.05) is 6.07 Å². The lowest BCUT2D eigenvalue weighted by Crippen LogP contribution is -2.42. The van der Waals surface area contributed by atoms with Gasteiger partial charge in [0.2, 0.25) is 11.8 Å². The molecule has 0 bridgehead atoms. The summed E-state index contributed by atoms with van der Waals surface area (Å²) in [6.07, 6.45) is 2.91. The smallest absolute Gasteiger partial charge is 0.281 e. The van der Waals surface area contributed by atoms with Crippen LogP contribution in [0.5, 0.6) is 0 Å². The first kappa shape index (κ1) is 21.7. The van der Waals surface area contributed by atoms with E-state index < -0.39 is 17.2 Å². The highest BCUT2D eigenvalue weighted by Gasteiger charge is 2.45. The van der Waals surface area contributed by atoms with Crippen LogP contribution < -0.4 is 22.3 Å². The number of hydrogen-bond acceptors (Lipinski definition) is 6. The Kier molecular flexibility index (Phi) is 4.56. The van der Waals surface area contributed by atoms with Crippen LogP contribution in [0.3, 0.4) is 0 Å². The Balaban J connectivity index is 1.52. The van der Waals surface area contributed by atoms with Gasteiger partial charge in [-0.3, -0.25) is 9.59 Å². The Hall–Kier alpha value is -3.79. The second-order valence-corrected chi connectivity index (χ2v) is 9.52. The van der Waals surface area contributed by atoms with Crippen LogP contribution in [0, 0.1) is 18.6 Å². The van der Waals surface area contributed by atoms with Crippen LogP contribution in [0.2, 0.25) is 0 Å². The maximum Gasteiger partial charge on any atom is 0.281 e. The number of carbonyl (C=O) groups is 1. The van der Waals surface area contributed by atoms with Crippen LogP contribution in [-0.2, 0) is 11.3 Å². The maximum absolute atomic E-state index is 14.8. The Morgan fingerprint density at radius 3 is 2.66 bits per heavy atom. The molecule has 0 aliphatic heterocycles. The zero-order valence-electron chi connectivity index (χ0n) is 19.0. The van der Waals surface area contributed by atoms with Crippen molar-refractivity contribution < 1.29 is 18.0 Å². The summed E-state index contributed by atoms with van der Waals surface area (Å²) < 4.78 is 36.5. The van der Waals surface area contributed by atoms with Gasteiger partial charge in [-0.2, -0.15) is 0 Å². The van der Waals surface area contributed by atoms with E-state index >= 15 is 0 Å². The minimum Gasteiger partial charge on any atom is -0.438 e. The average molecular weight is 479 g/mol. The van der Waals surface area contributed by atoms with Gasteiger partial charge in [0.05, 0.1) is 23.3 Å². The van der Waals surface area contributed by atoms with E-state index in [2.05, 4.69) is 10.3 Å². The first-order valence-electron chi connectivity index (χ1n) is 11.5. The van der Waals surface area contributed by atoms with Crippen LogP contribution in [-0.4, -0.2) is 21.0 Å². The molecule has 35 heavy (non-hydrogen) atoms. The fraction of sp³-hybridized carbons (Fsp3) is 0.320. The van der Waals surface area contributed by atoms with Crippen molar-refractivity contribution >= 4 is 33.6 Å². The number of benzene rings is 2. The number of nitrogens with two attached hydrogens (primary N) is 2. The fourth-order valence-electron chi connectivity index (χ4n) is 4.61. The van der Waals surface area contributed by atoms with Gasteiger partial charge in [-0.05, 0) is 55.9 Å². The molecule has 180 valence electrons. The fourth-order valence-corrected chi connectivity index (χ4v) is 4.61. The summed E-state index contributed by atoms with van der Waals surface area (Å²) in [6.45, 7) is 1.77. The molecule has 2 heterocycles. The molecule has 5 N–H and O–H groups in total. The second kappa shape index (κ2) is 7.35. The second-order valence-electron chi connectivity index (χ2n) is 9.52. The molecule has 1 amide bonds. The van der Waals surface area contributed by atoms with Crippen LogP contribution in [0.1, 0.15) is 43.2 Å². The predicted octanol–water partition coefficient (Wildman–Crippen LogP) is 3.42. The number of nitrogens with one attached hydrogen (secondary N) is 1. The molecule has 10 heteroatoms. The third kappa shape index (κ3) is 3.39. The van der Waals surface area contributed by atoms with Crippen molar-refractivity contribution in [3.8, 4) is 11.1 Å². The van der Waals surface area contributed by atoms with Crippen molar-refractivity contribution in [2.24, 2.45) is 5.73 Å². The highest BCUT2D eigenvalue weighted by Crippen LogP contribution is 2.41. The van der Waals surface area contributed by atoms with Crippen LogP contribution in [0.4, 0.5) is 14.5 Å². The molecular formula is C25H23F2N5O3. The van der Waals surface area contributed by atoms with Crippen LogP contribution in [0.25, 0.3) is 33.1 Å². The molecule has 2 saturated carbocycles. The van der Waals surface area contributed by atoms with Crippen molar-refractivity contribution in [3.05, 3.63) is 57.7 Å². The number of aryl methyl sites for hydroxylation is 1. The molecule has 0 spiro atoms. The first-order chi connectivity index (χ1) is 16.7. The molecule has 0 radical (unpaired) electrons. The number of amides is 1. The number of fused-ring (bicyclic) bond motifs is 3. The number of nitrogen functional groups attached to an aromatic ring is 1. The average Bonchev–Trinajstić information content (AvgIpc) is 3.75. The topological polar surface area (TPSA) is 129 Å². The van der Waals surface area contributed by atoms with Crippen molar-refractivity contribution in [3.63, 3.8) is 0 Å². The zero-order valence-corrected chi connectivity index (χ0v) is 19.0. The quantitative estimate of drug-likeness (QED) is 0.376. The number of aromatic nitrogens is 2. The number of nitrogens with zero attached hydrogens (tertiary/aromatic N) is 2. The Bertz CT molecular complexity index is 1620. The summed E-state index contributed by atoms with van der Waals surface area (Å²) in [5, 5.41) is 3.35. The molecule has 0 saturated heterocycles. The van der Waals surface area contributed by atoms with Crippen molar-refractivity contribution in [2.75, 3.05) is 5.73 Å². The number of rotatable bonds is 5. The normalized spacial score (nSPS) is 16.7. The highest BCUT2D eigenvalue weighted by molar-refractivity contribution is 6.04. The largest absolute Gasteiger partial charge is 0.438 e. The van der Waals surface area contributed by atoms with Gasteiger partial charge in [0.15, 0.2) is 11.1 Å². The Morgan fingerprint density at radius 2 is 1.97 bits per heavy atom. The lowest BCUT2D eigenvalue weighted by atomic mass is 9.96. The number of oxazole rings is 1. The minimum absolute atomic E-state index is 0.00379. The SMILES string of the molecule is Cc1c(-c2cc(F)c(N)cc2F)ccc2c3oc(CNC(=O)C4(N)CC4)nc3c(=O)n(C3CC3)c12. The summed E-state index contributed by atoms with van der Waals surface area (Å²) in [6, 6.07) is 5.40. The molecule has 2 aliphatic carbocycles. The van der Waals surface area contributed by atoms with Gasteiger partial charge in [0.1, 0.15) is 11.6 Å². The van der Waals surface area contributed by atoms with Crippen molar-refractivity contribution in [2.45, 2.75) is 50.7 Å². The summed E-state index contributed by atoms with van der Waals surface area (Å²) in [4.78, 5) is 30.1. The molecule has 2 fully saturated rings. The van der Waals surface area contributed by atoms with Crippen molar-refractivity contribution in [1.82, 2.24) is 14.9 Å². The van der Waals surface area contributed by atoms with E-state index in [-0.39, 0.29) is 46.7 Å². The highest BCUT2D eigenvalue weighted by atomic mass is 19.1. The van der Waals surface area contributed by atoms with Gasteiger partial charge in [-0.15, -0.1) is 0 Å². The van der Waals surface area contributed by atoms with E-state index in [1.165, 1.54) is 0 Å². The molecule has 2 aromatic heterocycles. The number of pyridine rings is 1.